The van der Waals surface area contributed by atoms with E-state index in [0.717, 1.165) is 36.7 Å². The normalized spacial score (nSPS) is 16.0. The molecule has 0 bridgehead atoms. The molecule has 2 rings (SSSR count). The van der Waals surface area contributed by atoms with Gasteiger partial charge in [-0.3, -0.25) is 4.99 Å². The Morgan fingerprint density at radius 3 is 2.83 bits per heavy atom. The highest BCUT2D eigenvalue weighted by Gasteiger charge is 2.20. The van der Waals surface area contributed by atoms with E-state index in [-0.39, 0.29) is 6.10 Å². The molecule has 5 heteroatoms. The Balaban J connectivity index is 2.19. The molecule has 0 fully saturated rings. The lowest BCUT2D eigenvalue weighted by atomic mass is 10.1. The highest BCUT2D eigenvalue weighted by Crippen LogP contribution is 2.29. The highest BCUT2D eigenvalue weighted by molar-refractivity contribution is 5.88. The fourth-order valence-corrected chi connectivity index (χ4v) is 1.97. The first-order valence-electron chi connectivity index (χ1n) is 6.23. The van der Waals surface area contributed by atoms with Crippen molar-refractivity contribution < 1.29 is 4.74 Å². The zero-order valence-corrected chi connectivity index (χ0v) is 10.9. The van der Waals surface area contributed by atoms with Crippen LogP contribution in [0, 0.1) is 6.92 Å². The Kier molecular flexibility index (Phi) is 3.60. The third-order valence-corrected chi connectivity index (χ3v) is 3.14. The van der Waals surface area contributed by atoms with Gasteiger partial charge in [-0.1, -0.05) is 6.92 Å². The first kappa shape index (κ1) is 12.5. The molecular weight excluding hydrogens is 228 g/mol. The Hall–Kier alpha value is -1.91. The summed E-state index contributed by atoms with van der Waals surface area (Å²) in [6.07, 6.45) is 0.810. The van der Waals surface area contributed by atoms with Gasteiger partial charge in [-0.15, -0.1) is 0 Å². The van der Waals surface area contributed by atoms with Crippen molar-refractivity contribution in [2.45, 2.75) is 26.4 Å². The average molecular weight is 248 g/mol. The van der Waals surface area contributed by atoms with E-state index in [0.29, 0.717) is 11.4 Å². The number of nitrogens with two attached hydrogens (primary N) is 2. The summed E-state index contributed by atoms with van der Waals surface area (Å²) < 4.78 is 5.99. The number of aliphatic imine (C=N–C) groups is 1. The maximum atomic E-state index is 5.99. The van der Waals surface area contributed by atoms with E-state index < -0.39 is 0 Å². The molecule has 0 saturated carbocycles. The van der Waals surface area contributed by atoms with Gasteiger partial charge < -0.3 is 21.5 Å². The van der Waals surface area contributed by atoms with Crippen LogP contribution in [-0.2, 0) is 0 Å². The summed E-state index contributed by atoms with van der Waals surface area (Å²) in [7, 11) is 0. The number of rotatable bonds is 4. The number of hydrogen-bond donors (Lipinski definition) is 3. The average Bonchev–Trinajstić information content (AvgIpc) is 2.89. The maximum Gasteiger partial charge on any atom is 0.155 e. The predicted octanol–water partition coefficient (Wildman–Crippen LogP) is 1.32. The van der Waals surface area contributed by atoms with Crippen molar-refractivity contribution >= 4 is 17.2 Å². The van der Waals surface area contributed by atoms with Crippen molar-refractivity contribution in [1.82, 2.24) is 5.32 Å². The number of hydrogen-bond acceptors (Lipinski definition) is 5. The largest absolute Gasteiger partial charge is 0.482 e. The summed E-state index contributed by atoms with van der Waals surface area (Å²) in [6.45, 7) is 5.69. The molecule has 1 unspecified atom stereocenters. The smallest absolute Gasteiger partial charge is 0.155 e. The summed E-state index contributed by atoms with van der Waals surface area (Å²) in [5, 5.41) is 3.24. The molecule has 1 aromatic carbocycles. The van der Waals surface area contributed by atoms with Gasteiger partial charge in [0.25, 0.3) is 0 Å². The van der Waals surface area contributed by atoms with Crippen LogP contribution in [0.1, 0.15) is 18.9 Å². The highest BCUT2D eigenvalue weighted by atomic mass is 16.5. The molecule has 1 aromatic rings. The molecule has 18 heavy (non-hydrogen) atoms. The number of anilines is 2. The summed E-state index contributed by atoms with van der Waals surface area (Å²) in [6, 6.07) is 3.63. The van der Waals surface area contributed by atoms with Gasteiger partial charge in [0.05, 0.1) is 17.9 Å². The van der Waals surface area contributed by atoms with Crippen LogP contribution >= 0.6 is 0 Å². The van der Waals surface area contributed by atoms with Crippen molar-refractivity contribution in [3.8, 4) is 5.75 Å². The molecule has 1 aliphatic heterocycles. The summed E-state index contributed by atoms with van der Waals surface area (Å²) in [4.78, 5) is 4.40. The van der Waals surface area contributed by atoms with E-state index in [4.69, 9.17) is 16.2 Å². The second-order valence-corrected chi connectivity index (χ2v) is 4.40. The van der Waals surface area contributed by atoms with Crippen LogP contribution in [0.3, 0.4) is 0 Å². The summed E-state index contributed by atoms with van der Waals surface area (Å²) in [5.41, 5.74) is 13.7. The Labute approximate surface area is 107 Å². The molecule has 0 aromatic heterocycles. The van der Waals surface area contributed by atoms with E-state index in [9.17, 15) is 0 Å². The number of amidine groups is 1. The Morgan fingerprint density at radius 2 is 2.22 bits per heavy atom. The lowest BCUT2D eigenvalue weighted by Crippen LogP contribution is -2.35. The summed E-state index contributed by atoms with van der Waals surface area (Å²) >= 11 is 0. The van der Waals surface area contributed by atoms with E-state index in [1.165, 1.54) is 0 Å². The molecule has 0 spiro atoms. The molecule has 5 nitrogen and oxygen atoms in total. The van der Waals surface area contributed by atoms with Crippen molar-refractivity contribution in [3.63, 3.8) is 0 Å². The Morgan fingerprint density at radius 1 is 1.44 bits per heavy atom. The maximum absolute atomic E-state index is 5.99. The third-order valence-electron chi connectivity index (χ3n) is 3.14. The molecule has 0 saturated heterocycles. The molecule has 1 heterocycles. The van der Waals surface area contributed by atoms with Gasteiger partial charge in [0.15, 0.2) is 6.10 Å². The zero-order chi connectivity index (χ0) is 13.1. The molecule has 1 atom stereocenters. The van der Waals surface area contributed by atoms with Gasteiger partial charge in [0, 0.05) is 12.1 Å². The minimum atomic E-state index is -0.0470. The number of nitrogens with zero attached hydrogens (tertiary/aromatic N) is 1. The molecule has 0 radical (unpaired) electrons. The first-order chi connectivity index (χ1) is 8.63. The molecule has 5 N–H and O–H groups in total. The summed E-state index contributed by atoms with van der Waals surface area (Å²) in [5.74, 6) is 1.69. The number of benzene rings is 1. The predicted molar refractivity (Wildman–Crippen MR) is 75.0 cm³/mol. The third kappa shape index (κ3) is 2.34. The molecule has 0 amide bonds. The molecule has 1 aliphatic rings. The Bertz CT molecular complexity index is 470. The van der Waals surface area contributed by atoms with E-state index >= 15 is 0 Å². The molecule has 98 valence electrons. The number of nitrogen functional groups attached to an aromatic ring is 2. The van der Waals surface area contributed by atoms with Gasteiger partial charge >= 0.3 is 0 Å². The number of ether oxygens (including phenoxy) is 1. The second-order valence-electron chi connectivity index (χ2n) is 4.40. The second kappa shape index (κ2) is 5.16. The lowest BCUT2D eigenvalue weighted by molar-refractivity contribution is 0.258. The van der Waals surface area contributed by atoms with Crippen LogP contribution in [0.2, 0.25) is 0 Å². The van der Waals surface area contributed by atoms with Crippen LogP contribution in [0.25, 0.3) is 0 Å². The van der Waals surface area contributed by atoms with Gasteiger partial charge in [-0.05, 0) is 25.5 Å². The fraction of sp³-hybridized carbons (Fsp3) is 0.462. The quantitative estimate of drug-likeness (QED) is 0.701. The van der Waals surface area contributed by atoms with E-state index in [1.807, 2.05) is 13.0 Å². The van der Waals surface area contributed by atoms with Gasteiger partial charge in [0.1, 0.15) is 11.6 Å². The van der Waals surface area contributed by atoms with Crippen LogP contribution in [0.4, 0.5) is 11.4 Å². The zero-order valence-electron chi connectivity index (χ0n) is 10.9. The van der Waals surface area contributed by atoms with E-state index in [1.54, 1.807) is 6.07 Å². The fourth-order valence-electron chi connectivity index (χ4n) is 1.97. The topological polar surface area (TPSA) is 85.7 Å². The standard InChI is InChI=1S/C13H20N4O/c1-3-10(13-16-6-7-17-13)18-11-5-4-9(14)12(15)8(11)2/h4-5,10H,3,6-7,14-15H2,1-2H3,(H,16,17). The van der Waals surface area contributed by atoms with Crippen LogP contribution < -0.4 is 21.5 Å². The van der Waals surface area contributed by atoms with Crippen LogP contribution in [0.15, 0.2) is 17.1 Å². The van der Waals surface area contributed by atoms with Crippen molar-refractivity contribution in [2.75, 3.05) is 24.6 Å². The van der Waals surface area contributed by atoms with Gasteiger partial charge in [-0.2, -0.15) is 0 Å². The van der Waals surface area contributed by atoms with Crippen molar-refractivity contribution in [3.05, 3.63) is 17.7 Å². The first-order valence-corrected chi connectivity index (χ1v) is 6.23. The van der Waals surface area contributed by atoms with Crippen molar-refractivity contribution in [2.24, 2.45) is 4.99 Å². The molecular formula is C13H20N4O. The van der Waals surface area contributed by atoms with Crippen molar-refractivity contribution in [1.29, 1.82) is 0 Å². The molecule has 0 aliphatic carbocycles. The number of nitrogens with one attached hydrogen (secondary N) is 1. The lowest BCUT2D eigenvalue weighted by Gasteiger charge is -2.20. The van der Waals surface area contributed by atoms with Crippen LogP contribution in [-0.4, -0.2) is 25.0 Å². The van der Waals surface area contributed by atoms with Gasteiger partial charge in [0.2, 0.25) is 0 Å². The van der Waals surface area contributed by atoms with Crippen LogP contribution in [0.5, 0.6) is 5.75 Å². The van der Waals surface area contributed by atoms with Gasteiger partial charge in [-0.25, -0.2) is 0 Å². The minimum Gasteiger partial charge on any atom is -0.482 e. The monoisotopic (exact) mass is 248 g/mol. The SMILES string of the molecule is CCC(Oc1ccc(N)c(N)c1C)C1=NCCN1. The van der Waals surface area contributed by atoms with E-state index in [2.05, 4.69) is 17.2 Å². The minimum absolute atomic E-state index is 0.0470.